The highest BCUT2D eigenvalue weighted by Crippen LogP contribution is 2.16. The van der Waals surface area contributed by atoms with Crippen molar-refractivity contribution in [2.45, 2.75) is 0 Å². The molecule has 0 aromatic carbocycles. The molecule has 0 spiro atoms. The standard InChI is InChI=1S/C5H5O6P/c6-2(7)5(1-12,3(8)9)4(10)11/h1,12H,(H,6,7)(H,8,9)(H,10,11). The molecule has 0 aliphatic rings. The van der Waals surface area contributed by atoms with Crippen molar-refractivity contribution in [1.82, 2.24) is 0 Å². The highest BCUT2D eigenvalue weighted by atomic mass is 31.0. The van der Waals surface area contributed by atoms with E-state index in [1.54, 1.807) is 0 Å². The summed E-state index contributed by atoms with van der Waals surface area (Å²) in [6.45, 7) is 0. The van der Waals surface area contributed by atoms with Gasteiger partial charge in [0.25, 0.3) is 5.41 Å². The summed E-state index contributed by atoms with van der Waals surface area (Å²) < 4.78 is 0. The van der Waals surface area contributed by atoms with Crippen molar-refractivity contribution >= 4 is 32.6 Å². The Kier molecular flexibility index (Phi) is 2.93. The SMILES string of the molecule is O=C(O)C(C=P)(C(=O)O)C(=O)O. The van der Waals surface area contributed by atoms with E-state index in [0.29, 0.717) is 5.80 Å². The lowest BCUT2D eigenvalue weighted by Crippen LogP contribution is -2.47. The molecule has 66 valence electrons. The van der Waals surface area contributed by atoms with Crippen LogP contribution >= 0.6 is 8.86 Å². The molecular weight excluding hydrogens is 187 g/mol. The summed E-state index contributed by atoms with van der Waals surface area (Å²) in [7, 11) is 2.46. The minimum Gasteiger partial charge on any atom is -0.480 e. The smallest absolute Gasteiger partial charge is 0.337 e. The van der Waals surface area contributed by atoms with Gasteiger partial charge in [-0.05, 0) is 5.80 Å². The Hall–Kier alpha value is -1.42. The van der Waals surface area contributed by atoms with Crippen LogP contribution in [0.25, 0.3) is 0 Å². The summed E-state index contributed by atoms with van der Waals surface area (Å²) in [4.78, 5) is 30.9. The molecule has 0 rings (SSSR count). The number of hydrogen-bond acceptors (Lipinski definition) is 3. The summed E-state index contributed by atoms with van der Waals surface area (Å²) in [5.74, 6) is -5.47. The van der Waals surface area contributed by atoms with E-state index >= 15 is 0 Å². The molecule has 0 atom stereocenters. The molecule has 0 aromatic heterocycles. The van der Waals surface area contributed by atoms with E-state index < -0.39 is 23.3 Å². The molecule has 3 N–H and O–H groups in total. The summed E-state index contributed by atoms with van der Waals surface area (Å²) in [5.41, 5.74) is -2.92. The number of hydrogen-bond donors (Lipinski definition) is 3. The average molecular weight is 192 g/mol. The lowest BCUT2D eigenvalue weighted by atomic mass is 9.91. The predicted molar refractivity (Wildman–Crippen MR) is 39.7 cm³/mol. The zero-order valence-corrected chi connectivity index (χ0v) is 6.64. The normalized spacial score (nSPS) is 10.3. The molecule has 7 heteroatoms. The molecule has 0 aromatic rings. The largest absolute Gasteiger partial charge is 0.480 e. The molecule has 0 aliphatic heterocycles. The molecular formula is C5H5O6P. The van der Waals surface area contributed by atoms with E-state index in [9.17, 15) is 14.4 Å². The Balaban J connectivity index is 5.33. The van der Waals surface area contributed by atoms with E-state index in [4.69, 9.17) is 15.3 Å². The van der Waals surface area contributed by atoms with Gasteiger partial charge in [0.1, 0.15) is 0 Å². The van der Waals surface area contributed by atoms with E-state index in [1.165, 1.54) is 0 Å². The molecule has 0 saturated heterocycles. The highest BCUT2D eigenvalue weighted by Gasteiger charge is 2.52. The number of carboxylic acid groups (broad SMARTS) is 3. The monoisotopic (exact) mass is 192 g/mol. The maximum Gasteiger partial charge on any atom is 0.337 e. The fourth-order valence-corrected chi connectivity index (χ4v) is 0.830. The summed E-state index contributed by atoms with van der Waals surface area (Å²) in [6, 6.07) is 0. The second kappa shape index (κ2) is 3.32. The van der Waals surface area contributed by atoms with Gasteiger partial charge in [0, 0.05) is 0 Å². The second-order valence-corrected chi connectivity index (χ2v) is 2.16. The molecule has 6 nitrogen and oxygen atoms in total. The number of rotatable bonds is 4. The third kappa shape index (κ3) is 1.29. The minimum absolute atomic E-state index is 0.417. The summed E-state index contributed by atoms with van der Waals surface area (Å²) in [6.07, 6.45) is 0. The first-order valence-electron chi connectivity index (χ1n) is 2.61. The Morgan fingerprint density at radius 1 is 1.00 bits per heavy atom. The zero-order chi connectivity index (χ0) is 9.94. The maximum absolute atomic E-state index is 10.3. The van der Waals surface area contributed by atoms with Crippen LogP contribution < -0.4 is 0 Å². The Bertz CT molecular complexity index is 221. The zero-order valence-electron chi connectivity index (χ0n) is 5.64. The van der Waals surface area contributed by atoms with Gasteiger partial charge in [0.15, 0.2) is 0 Å². The van der Waals surface area contributed by atoms with E-state index in [2.05, 4.69) is 8.86 Å². The second-order valence-electron chi connectivity index (χ2n) is 1.87. The molecule has 0 unspecified atom stereocenters. The van der Waals surface area contributed by atoms with Crippen molar-refractivity contribution in [1.29, 1.82) is 0 Å². The number of aliphatic carboxylic acids is 3. The van der Waals surface area contributed by atoms with Gasteiger partial charge < -0.3 is 15.3 Å². The topological polar surface area (TPSA) is 112 Å². The Morgan fingerprint density at radius 2 is 1.25 bits per heavy atom. The summed E-state index contributed by atoms with van der Waals surface area (Å²) in [5, 5.41) is 25.0. The molecule has 12 heavy (non-hydrogen) atoms. The van der Waals surface area contributed by atoms with Gasteiger partial charge in [-0.1, -0.05) is 0 Å². The van der Waals surface area contributed by atoms with E-state index in [0.717, 1.165) is 0 Å². The number of carbonyl (C=O) groups is 3. The van der Waals surface area contributed by atoms with Crippen molar-refractivity contribution in [3.05, 3.63) is 0 Å². The minimum atomic E-state index is -2.92. The van der Waals surface area contributed by atoms with Crippen LogP contribution in [0.1, 0.15) is 0 Å². The fourth-order valence-electron chi connectivity index (χ4n) is 0.460. The van der Waals surface area contributed by atoms with Crippen molar-refractivity contribution in [2.24, 2.45) is 5.41 Å². The van der Waals surface area contributed by atoms with Gasteiger partial charge >= 0.3 is 17.9 Å². The quantitative estimate of drug-likeness (QED) is 0.396. The molecule has 0 saturated carbocycles. The van der Waals surface area contributed by atoms with Crippen molar-refractivity contribution in [3.8, 4) is 0 Å². The van der Waals surface area contributed by atoms with Crippen LogP contribution in [0.2, 0.25) is 0 Å². The van der Waals surface area contributed by atoms with Crippen LogP contribution in [0.5, 0.6) is 0 Å². The van der Waals surface area contributed by atoms with Gasteiger partial charge in [-0.3, -0.25) is 0 Å². The third-order valence-corrected chi connectivity index (χ3v) is 1.66. The highest BCUT2D eigenvalue weighted by molar-refractivity contribution is 7.19. The van der Waals surface area contributed by atoms with Crippen molar-refractivity contribution < 1.29 is 29.7 Å². The predicted octanol–water partition coefficient (Wildman–Crippen LogP) is -0.828. The lowest BCUT2D eigenvalue weighted by molar-refractivity contribution is -0.168. The maximum atomic E-state index is 10.3. The third-order valence-electron chi connectivity index (χ3n) is 1.23. The first-order valence-corrected chi connectivity index (χ1v) is 3.19. The Morgan fingerprint density at radius 3 is 1.25 bits per heavy atom. The molecule has 0 fully saturated rings. The molecule has 0 amide bonds. The van der Waals surface area contributed by atoms with Crippen LogP contribution in [-0.2, 0) is 14.4 Å². The average Bonchev–Trinajstić information content (AvgIpc) is 1.86. The molecule has 0 radical (unpaired) electrons. The van der Waals surface area contributed by atoms with Gasteiger partial charge in [-0.15, -0.1) is 8.86 Å². The van der Waals surface area contributed by atoms with Crippen LogP contribution in [-0.4, -0.2) is 39.0 Å². The van der Waals surface area contributed by atoms with E-state index in [1.807, 2.05) is 0 Å². The van der Waals surface area contributed by atoms with Crippen LogP contribution in [0.15, 0.2) is 0 Å². The first kappa shape index (κ1) is 10.6. The summed E-state index contributed by atoms with van der Waals surface area (Å²) >= 11 is 0. The van der Waals surface area contributed by atoms with Crippen LogP contribution in [0.3, 0.4) is 0 Å². The molecule has 0 bridgehead atoms. The number of carboxylic acids is 3. The van der Waals surface area contributed by atoms with Gasteiger partial charge in [0.2, 0.25) is 0 Å². The van der Waals surface area contributed by atoms with Crippen LogP contribution in [0.4, 0.5) is 0 Å². The van der Waals surface area contributed by atoms with Gasteiger partial charge in [-0.2, -0.15) is 0 Å². The van der Waals surface area contributed by atoms with Gasteiger partial charge in [0.05, 0.1) is 0 Å². The van der Waals surface area contributed by atoms with Crippen molar-refractivity contribution in [3.63, 3.8) is 0 Å². The first-order chi connectivity index (χ1) is 5.39. The van der Waals surface area contributed by atoms with Gasteiger partial charge in [-0.25, -0.2) is 14.4 Å². The molecule has 0 aliphatic carbocycles. The fraction of sp³-hybridized carbons (Fsp3) is 0.200. The van der Waals surface area contributed by atoms with Crippen molar-refractivity contribution in [2.75, 3.05) is 0 Å². The Labute approximate surface area is 68.7 Å². The molecule has 0 heterocycles. The van der Waals surface area contributed by atoms with Crippen LogP contribution in [0, 0.1) is 5.41 Å². The lowest BCUT2D eigenvalue weighted by Gasteiger charge is -2.13. The van der Waals surface area contributed by atoms with E-state index in [-0.39, 0.29) is 0 Å².